The quantitative estimate of drug-likeness (QED) is 0.578. The summed E-state index contributed by atoms with van der Waals surface area (Å²) in [5.74, 6) is -3.21. The van der Waals surface area contributed by atoms with E-state index < -0.39 is 11.8 Å². The van der Waals surface area contributed by atoms with Crippen LogP contribution in [0.15, 0.2) is 12.2 Å². The van der Waals surface area contributed by atoms with Crippen LogP contribution in [0, 0.1) is 5.92 Å². The van der Waals surface area contributed by atoms with Crippen molar-refractivity contribution in [3.05, 3.63) is 12.2 Å². The van der Waals surface area contributed by atoms with E-state index in [0.717, 1.165) is 0 Å². The van der Waals surface area contributed by atoms with Crippen molar-refractivity contribution in [2.24, 2.45) is 5.92 Å². The number of rotatable bonds is 1. The van der Waals surface area contributed by atoms with Gasteiger partial charge < -0.3 is 5.32 Å². The molecule has 64 valence electrons. The minimum Gasteiger partial charge on any atom is -0.316 e. The fraction of sp³-hybridized carbons (Fsp3) is 0.750. The van der Waals surface area contributed by atoms with Crippen molar-refractivity contribution in [3.8, 4) is 0 Å². The van der Waals surface area contributed by atoms with Crippen molar-refractivity contribution in [3.63, 3.8) is 0 Å². The van der Waals surface area contributed by atoms with Crippen LogP contribution in [0.2, 0.25) is 0 Å². The predicted octanol–water partition coefficient (Wildman–Crippen LogP) is 1.81. The van der Waals surface area contributed by atoms with Gasteiger partial charge in [-0.15, -0.1) is 0 Å². The SMILES string of the molecule is C=C(C)C1CNCCC1(F)F. The molecule has 1 aliphatic rings. The van der Waals surface area contributed by atoms with Gasteiger partial charge in [-0.3, -0.25) is 0 Å². The Labute approximate surface area is 65.5 Å². The van der Waals surface area contributed by atoms with Gasteiger partial charge in [0.25, 0.3) is 5.92 Å². The standard InChI is InChI=1S/C8H13F2N/c1-6(2)7-5-11-4-3-8(7,9)10/h7,11H,1,3-5H2,2H3. The molecule has 1 rings (SSSR count). The van der Waals surface area contributed by atoms with Gasteiger partial charge in [-0.05, 0) is 6.92 Å². The number of alkyl halides is 2. The summed E-state index contributed by atoms with van der Waals surface area (Å²) in [6, 6.07) is 0. The van der Waals surface area contributed by atoms with Gasteiger partial charge in [-0.25, -0.2) is 8.78 Å². The zero-order valence-electron chi connectivity index (χ0n) is 6.66. The van der Waals surface area contributed by atoms with Crippen molar-refractivity contribution in [2.45, 2.75) is 19.3 Å². The number of halogens is 2. The molecule has 0 amide bonds. The molecule has 1 nitrogen and oxygen atoms in total. The second-order valence-corrected chi connectivity index (χ2v) is 3.11. The minimum atomic E-state index is -2.54. The van der Waals surface area contributed by atoms with Crippen LogP contribution < -0.4 is 5.32 Å². The van der Waals surface area contributed by atoms with Gasteiger partial charge in [-0.2, -0.15) is 0 Å². The lowest BCUT2D eigenvalue weighted by molar-refractivity contribution is -0.0640. The monoisotopic (exact) mass is 161 g/mol. The van der Waals surface area contributed by atoms with E-state index in [4.69, 9.17) is 0 Å². The Morgan fingerprint density at radius 2 is 2.27 bits per heavy atom. The van der Waals surface area contributed by atoms with Crippen LogP contribution >= 0.6 is 0 Å². The molecule has 0 aromatic carbocycles. The van der Waals surface area contributed by atoms with Crippen LogP contribution in [0.4, 0.5) is 8.78 Å². The molecule has 1 fully saturated rings. The van der Waals surface area contributed by atoms with Crippen LogP contribution in [0.3, 0.4) is 0 Å². The van der Waals surface area contributed by atoms with E-state index in [-0.39, 0.29) is 6.42 Å². The molecule has 1 N–H and O–H groups in total. The summed E-state index contributed by atoms with van der Waals surface area (Å²) in [5, 5.41) is 2.93. The fourth-order valence-electron chi connectivity index (χ4n) is 1.36. The van der Waals surface area contributed by atoms with Crippen LogP contribution in [0.25, 0.3) is 0 Å². The molecule has 0 aromatic rings. The Morgan fingerprint density at radius 1 is 1.64 bits per heavy atom. The van der Waals surface area contributed by atoms with E-state index in [1.165, 1.54) is 0 Å². The Hall–Kier alpha value is -0.440. The summed E-state index contributed by atoms with van der Waals surface area (Å²) in [6.07, 6.45) is -0.0650. The van der Waals surface area contributed by atoms with Gasteiger partial charge in [-0.1, -0.05) is 12.2 Å². The van der Waals surface area contributed by atoms with Crippen molar-refractivity contribution in [1.29, 1.82) is 0 Å². The average Bonchev–Trinajstić information content (AvgIpc) is 1.85. The molecule has 0 bridgehead atoms. The first-order valence-corrected chi connectivity index (χ1v) is 3.78. The molecule has 0 saturated carbocycles. The molecule has 0 spiro atoms. The molecule has 0 aliphatic carbocycles. The highest BCUT2D eigenvalue weighted by molar-refractivity contribution is 5.05. The highest BCUT2D eigenvalue weighted by Crippen LogP contribution is 2.34. The summed E-state index contributed by atoms with van der Waals surface area (Å²) >= 11 is 0. The van der Waals surface area contributed by atoms with E-state index in [9.17, 15) is 8.78 Å². The van der Waals surface area contributed by atoms with E-state index >= 15 is 0 Å². The van der Waals surface area contributed by atoms with Crippen LogP contribution in [0.1, 0.15) is 13.3 Å². The maximum Gasteiger partial charge on any atom is 0.256 e. The van der Waals surface area contributed by atoms with E-state index in [1.54, 1.807) is 6.92 Å². The Balaban J connectivity index is 2.67. The third-order valence-electron chi connectivity index (χ3n) is 2.09. The first-order chi connectivity index (χ1) is 5.04. The largest absolute Gasteiger partial charge is 0.316 e. The summed E-state index contributed by atoms with van der Waals surface area (Å²) in [5.41, 5.74) is 0.571. The molecule has 1 aliphatic heterocycles. The molecule has 3 heteroatoms. The first kappa shape index (κ1) is 8.65. The lowest BCUT2D eigenvalue weighted by Gasteiger charge is -2.32. The first-order valence-electron chi connectivity index (χ1n) is 3.78. The van der Waals surface area contributed by atoms with Gasteiger partial charge in [0.15, 0.2) is 0 Å². The third kappa shape index (κ3) is 1.77. The van der Waals surface area contributed by atoms with Crippen molar-refractivity contribution in [2.75, 3.05) is 13.1 Å². The maximum atomic E-state index is 13.0. The van der Waals surface area contributed by atoms with Crippen molar-refractivity contribution in [1.82, 2.24) is 5.32 Å². The van der Waals surface area contributed by atoms with Gasteiger partial charge in [0.05, 0.1) is 5.92 Å². The molecule has 0 aromatic heterocycles. The fourth-order valence-corrected chi connectivity index (χ4v) is 1.36. The minimum absolute atomic E-state index is 0.0650. The number of hydrogen-bond acceptors (Lipinski definition) is 1. The Morgan fingerprint density at radius 3 is 2.64 bits per heavy atom. The Bertz CT molecular complexity index is 165. The van der Waals surface area contributed by atoms with E-state index in [2.05, 4.69) is 11.9 Å². The number of nitrogens with one attached hydrogen (secondary N) is 1. The van der Waals surface area contributed by atoms with Crippen LogP contribution in [-0.4, -0.2) is 19.0 Å². The number of hydrogen-bond donors (Lipinski definition) is 1. The topological polar surface area (TPSA) is 12.0 Å². The van der Waals surface area contributed by atoms with Crippen molar-refractivity contribution < 1.29 is 8.78 Å². The highest BCUT2D eigenvalue weighted by atomic mass is 19.3. The van der Waals surface area contributed by atoms with Crippen LogP contribution in [-0.2, 0) is 0 Å². The molecule has 1 atom stereocenters. The van der Waals surface area contributed by atoms with E-state index in [1.807, 2.05) is 0 Å². The predicted molar refractivity (Wildman–Crippen MR) is 40.7 cm³/mol. The molecule has 0 radical (unpaired) electrons. The normalized spacial score (nSPS) is 29.9. The molecule has 11 heavy (non-hydrogen) atoms. The van der Waals surface area contributed by atoms with Gasteiger partial charge in [0, 0.05) is 19.5 Å². The summed E-state index contributed by atoms with van der Waals surface area (Å²) in [7, 11) is 0. The third-order valence-corrected chi connectivity index (χ3v) is 2.09. The maximum absolute atomic E-state index is 13.0. The molecular weight excluding hydrogens is 148 g/mol. The lowest BCUT2D eigenvalue weighted by Crippen LogP contribution is -2.44. The molecule has 1 saturated heterocycles. The number of piperidine rings is 1. The van der Waals surface area contributed by atoms with Gasteiger partial charge in [0.1, 0.15) is 0 Å². The van der Waals surface area contributed by atoms with Gasteiger partial charge >= 0.3 is 0 Å². The smallest absolute Gasteiger partial charge is 0.256 e. The average molecular weight is 161 g/mol. The second-order valence-electron chi connectivity index (χ2n) is 3.11. The highest BCUT2D eigenvalue weighted by Gasteiger charge is 2.41. The molecular formula is C8H13F2N. The van der Waals surface area contributed by atoms with Crippen molar-refractivity contribution >= 4 is 0 Å². The second kappa shape index (κ2) is 2.89. The molecule has 1 unspecified atom stereocenters. The zero-order valence-corrected chi connectivity index (χ0v) is 6.66. The van der Waals surface area contributed by atoms with Crippen LogP contribution in [0.5, 0.6) is 0 Å². The van der Waals surface area contributed by atoms with E-state index in [0.29, 0.717) is 18.7 Å². The summed E-state index contributed by atoms with van der Waals surface area (Å²) in [4.78, 5) is 0. The summed E-state index contributed by atoms with van der Waals surface area (Å²) < 4.78 is 26.0. The lowest BCUT2D eigenvalue weighted by atomic mass is 9.89. The Kier molecular flexibility index (Phi) is 2.28. The molecule has 1 heterocycles. The zero-order chi connectivity index (χ0) is 8.48. The summed E-state index contributed by atoms with van der Waals surface area (Å²) in [6.45, 7) is 5.99. The van der Waals surface area contributed by atoms with Gasteiger partial charge in [0.2, 0.25) is 0 Å².